The molecule has 0 radical (unpaired) electrons. The number of hydrogen-bond donors (Lipinski definition) is 6. The van der Waals surface area contributed by atoms with Gasteiger partial charge in [0.15, 0.2) is 16.3 Å². The molecule has 3 aromatic rings. The van der Waals surface area contributed by atoms with Gasteiger partial charge < -0.3 is 30.3 Å². The lowest BCUT2D eigenvalue weighted by atomic mass is 10.1. The summed E-state index contributed by atoms with van der Waals surface area (Å²) in [5.41, 5.74) is 1.96. The molecule has 10 nitrogen and oxygen atoms in total. The minimum Gasteiger partial charge on any atom is -0.478 e. The van der Waals surface area contributed by atoms with E-state index in [1.54, 1.807) is 21.6 Å². The highest BCUT2D eigenvalue weighted by Crippen LogP contribution is 2.26. The van der Waals surface area contributed by atoms with Crippen molar-refractivity contribution in [1.29, 1.82) is 0 Å². The second kappa shape index (κ2) is 10.9. The van der Waals surface area contributed by atoms with Crippen molar-refractivity contribution >= 4 is 41.8 Å². The largest absolute Gasteiger partial charge is 0.478 e. The monoisotopic (exact) mass is 477 g/mol. The van der Waals surface area contributed by atoms with Gasteiger partial charge in [-0.05, 0) is 54.8 Å². The molecular formula is C20H23N5O5S2. The van der Waals surface area contributed by atoms with Crippen LogP contribution in [0.2, 0.25) is 0 Å². The third-order valence-electron chi connectivity index (χ3n) is 4.58. The number of H-pyrrole nitrogens is 2. The Labute approximate surface area is 193 Å². The highest BCUT2D eigenvalue weighted by Gasteiger charge is 2.17. The molecule has 0 saturated heterocycles. The molecule has 0 atom stereocenters. The number of anilines is 2. The van der Waals surface area contributed by atoms with E-state index in [1.807, 2.05) is 24.3 Å². The molecule has 3 rings (SSSR count). The third kappa shape index (κ3) is 5.53. The minimum absolute atomic E-state index is 0.0553. The first-order chi connectivity index (χ1) is 15.4. The highest BCUT2D eigenvalue weighted by molar-refractivity contribution is 7.72. The van der Waals surface area contributed by atoms with Crippen LogP contribution in [0.4, 0.5) is 11.4 Å². The van der Waals surface area contributed by atoms with Crippen molar-refractivity contribution in [2.75, 3.05) is 43.3 Å². The number of benzene rings is 2. The number of aromatic carboxylic acids is 1. The number of aromatic amines is 2. The van der Waals surface area contributed by atoms with Crippen LogP contribution in [-0.2, 0) is 0 Å². The van der Waals surface area contributed by atoms with E-state index in [-0.39, 0.29) is 38.6 Å². The van der Waals surface area contributed by atoms with Crippen molar-refractivity contribution in [1.82, 2.24) is 14.8 Å². The van der Waals surface area contributed by atoms with Crippen molar-refractivity contribution in [3.63, 3.8) is 0 Å². The van der Waals surface area contributed by atoms with Crippen molar-refractivity contribution in [2.45, 2.75) is 0 Å². The van der Waals surface area contributed by atoms with Crippen LogP contribution in [-0.4, -0.2) is 69.1 Å². The van der Waals surface area contributed by atoms with E-state index in [1.165, 1.54) is 6.07 Å². The van der Waals surface area contributed by atoms with Crippen LogP contribution >= 0.6 is 24.4 Å². The highest BCUT2D eigenvalue weighted by atomic mass is 32.1. The Bertz CT molecular complexity index is 1160. The molecule has 2 aromatic carbocycles. The maximum Gasteiger partial charge on any atom is 0.337 e. The Balaban J connectivity index is 1.74. The molecular weight excluding hydrogens is 454 g/mol. The normalized spacial score (nSPS) is 10.7. The number of carboxylic acid groups (broad SMARTS) is 1. The molecule has 0 saturated carbocycles. The Morgan fingerprint density at radius 1 is 1.06 bits per heavy atom. The molecule has 0 bridgehead atoms. The summed E-state index contributed by atoms with van der Waals surface area (Å²) >= 11 is 10.5. The standard InChI is InChI=1S/C20H23N5O5S2/c26-8-6-24(7-9-27)17-11-15(4-5-16(17)18(28)29)30-12-21-13-2-1-3-14(10-13)25-19(31)22-23-20(25)32/h1-5,10-11,21,26-27H,6-9,12H2,(H,22,31)(H,23,32)(H,28,29). The average Bonchev–Trinajstić information content (AvgIpc) is 3.11. The Morgan fingerprint density at radius 3 is 2.38 bits per heavy atom. The van der Waals surface area contributed by atoms with Crippen molar-refractivity contribution < 1.29 is 24.9 Å². The predicted molar refractivity (Wildman–Crippen MR) is 125 cm³/mol. The van der Waals surface area contributed by atoms with Gasteiger partial charge in [-0.25, -0.2) is 4.79 Å². The van der Waals surface area contributed by atoms with Crippen molar-refractivity contribution in [3.05, 3.63) is 57.6 Å². The fourth-order valence-electron chi connectivity index (χ4n) is 3.14. The van der Waals surface area contributed by atoms with Crippen LogP contribution in [0.3, 0.4) is 0 Å². The van der Waals surface area contributed by atoms with Crippen LogP contribution in [0.5, 0.6) is 5.75 Å². The van der Waals surface area contributed by atoms with E-state index >= 15 is 0 Å². The maximum absolute atomic E-state index is 11.6. The molecule has 1 heterocycles. The van der Waals surface area contributed by atoms with Crippen LogP contribution in [0.1, 0.15) is 10.4 Å². The Kier molecular flexibility index (Phi) is 8.00. The van der Waals surface area contributed by atoms with Gasteiger partial charge in [0, 0.05) is 24.8 Å². The van der Waals surface area contributed by atoms with E-state index in [9.17, 15) is 20.1 Å². The minimum atomic E-state index is -1.11. The number of rotatable bonds is 11. The smallest absolute Gasteiger partial charge is 0.337 e. The molecule has 170 valence electrons. The summed E-state index contributed by atoms with van der Waals surface area (Å²) in [6.45, 7) is 0.104. The van der Waals surface area contributed by atoms with Gasteiger partial charge in [0.05, 0.1) is 30.2 Å². The molecule has 0 amide bonds. The quantitative estimate of drug-likeness (QED) is 0.182. The van der Waals surface area contributed by atoms with E-state index in [0.29, 0.717) is 21.0 Å². The predicted octanol–water partition coefficient (Wildman–Crippen LogP) is 2.53. The molecule has 0 spiro atoms. The fraction of sp³-hybridized carbons (Fsp3) is 0.250. The van der Waals surface area contributed by atoms with E-state index < -0.39 is 5.97 Å². The number of ether oxygens (including phenoxy) is 1. The van der Waals surface area contributed by atoms with E-state index in [2.05, 4.69) is 15.5 Å². The maximum atomic E-state index is 11.6. The number of carbonyl (C=O) groups is 1. The Hall–Kier alpha value is -3.19. The second-order valence-electron chi connectivity index (χ2n) is 6.63. The molecule has 12 heteroatoms. The summed E-state index contributed by atoms with van der Waals surface area (Å²) in [6.07, 6.45) is 0. The summed E-state index contributed by atoms with van der Waals surface area (Å²) in [5.74, 6) is -0.672. The summed E-state index contributed by atoms with van der Waals surface area (Å²) in [5, 5.41) is 36.8. The molecule has 0 aliphatic rings. The van der Waals surface area contributed by atoms with Gasteiger partial charge in [0.1, 0.15) is 5.75 Å². The van der Waals surface area contributed by atoms with Gasteiger partial charge in [0.25, 0.3) is 0 Å². The van der Waals surface area contributed by atoms with Crippen LogP contribution in [0, 0.1) is 9.54 Å². The lowest BCUT2D eigenvalue weighted by Crippen LogP contribution is -2.31. The summed E-state index contributed by atoms with van der Waals surface area (Å²) < 4.78 is 8.34. The zero-order valence-corrected chi connectivity index (χ0v) is 18.6. The second-order valence-corrected chi connectivity index (χ2v) is 7.40. The molecule has 6 N–H and O–H groups in total. The SMILES string of the molecule is O=C(O)c1ccc(OCNc2cccc(-n3c(=S)[nH][nH]c3=S)c2)cc1N(CCO)CCO. The lowest BCUT2D eigenvalue weighted by molar-refractivity contribution is 0.0697. The van der Waals surface area contributed by atoms with Crippen LogP contribution in [0.25, 0.3) is 5.69 Å². The van der Waals surface area contributed by atoms with Gasteiger partial charge in [-0.2, -0.15) is 0 Å². The van der Waals surface area contributed by atoms with E-state index in [0.717, 1.165) is 11.4 Å². The van der Waals surface area contributed by atoms with Gasteiger partial charge >= 0.3 is 5.97 Å². The number of nitrogens with one attached hydrogen (secondary N) is 3. The number of hydrogen-bond acceptors (Lipinski definition) is 8. The van der Waals surface area contributed by atoms with Crippen molar-refractivity contribution in [3.8, 4) is 11.4 Å². The average molecular weight is 478 g/mol. The van der Waals surface area contributed by atoms with Crippen molar-refractivity contribution in [2.24, 2.45) is 0 Å². The topological polar surface area (TPSA) is 139 Å². The summed E-state index contributed by atoms with van der Waals surface area (Å²) in [6, 6.07) is 12.0. The molecule has 0 fully saturated rings. The van der Waals surface area contributed by atoms with Gasteiger partial charge in [-0.15, -0.1) is 0 Å². The van der Waals surface area contributed by atoms with Crippen LogP contribution < -0.4 is 15.0 Å². The summed E-state index contributed by atoms with van der Waals surface area (Å²) in [4.78, 5) is 13.2. The zero-order valence-electron chi connectivity index (χ0n) is 16.9. The number of aliphatic hydroxyl groups excluding tert-OH is 2. The lowest BCUT2D eigenvalue weighted by Gasteiger charge is -2.25. The zero-order chi connectivity index (χ0) is 23.1. The number of aliphatic hydroxyl groups is 2. The van der Waals surface area contributed by atoms with Gasteiger partial charge in [0.2, 0.25) is 0 Å². The van der Waals surface area contributed by atoms with Crippen LogP contribution in [0.15, 0.2) is 42.5 Å². The van der Waals surface area contributed by atoms with E-state index in [4.69, 9.17) is 29.2 Å². The molecule has 0 unspecified atom stereocenters. The molecule has 1 aromatic heterocycles. The third-order valence-corrected chi connectivity index (χ3v) is 5.15. The number of nitrogens with zero attached hydrogens (tertiary/aromatic N) is 2. The van der Waals surface area contributed by atoms with Gasteiger partial charge in [-0.3, -0.25) is 14.8 Å². The molecule has 0 aliphatic carbocycles. The molecule has 32 heavy (non-hydrogen) atoms. The fourth-order valence-corrected chi connectivity index (χ4v) is 3.69. The first-order valence-electron chi connectivity index (χ1n) is 9.65. The molecule has 0 aliphatic heterocycles. The number of aromatic nitrogens is 3. The van der Waals surface area contributed by atoms with Gasteiger partial charge in [-0.1, -0.05) is 6.07 Å². The first-order valence-corrected chi connectivity index (χ1v) is 10.5. The summed E-state index contributed by atoms with van der Waals surface area (Å²) in [7, 11) is 0. The Morgan fingerprint density at radius 2 is 1.75 bits per heavy atom. The number of carboxylic acids is 1. The first kappa shape index (κ1) is 23.5.